The summed E-state index contributed by atoms with van der Waals surface area (Å²) >= 11 is 0. The van der Waals surface area contributed by atoms with Gasteiger partial charge in [0.05, 0.1) is 0 Å². The van der Waals surface area contributed by atoms with Crippen LogP contribution in [0.5, 0.6) is 0 Å². The molecule has 5 rings (SSSR count). The van der Waals surface area contributed by atoms with Gasteiger partial charge in [-0.25, -0.2) is 0 Å². The topological polar surface area (TPSA) is 3.24 Å². The van der Waals surface area contributed by atoms with E-state index >= 15 is 0 Å². The molecule has 0 bridgehead atoms. The van der Waals surface area contributed by atoms with Gasteiger partial charge in [0.1, 0.15) is 0 Å². The summed E-state index contributed by atoms with van der Waals surface area (Å²) in [4.78, 5) is 2.35. The van der Waals surface area contributed by atoms with Gasteiger partial charge in [-0.15, -0.1) is 0 Å². The van der Waals surface area contributed by atoms with Crippen molar-refractivity contribution >= 4 is 17.1 Å². The molecule has 0 aliphatic heterocycles. The van der Waals surface area contributed by atoms with Crippen molar-refractivity contribution in [1.29, 1.82) is 0 Å². The molecule has 0 saturated carbocycles. The maximum absolute atomic E-state index is 2.51. The Kier molecular flexibility index (Phi) is 6.54. The van der Waals surface area contributed by atoms with Gasteiger partial charge in [-0.05, 0) is 102 Å². The van der Waals surface area contributed by atoms with Crippen LogP contribution in [0.15, 0.2) is 97.1 Å². The molecule has 34 heavy (non-hydrogen) atoms. The first kappa shape index (κ1) is 22.5. The van der Waals surface area contributed by atoms with Gasteiger partial charge in [-0.2, -0.15) is 0 Å². The Labute approximate surface area is 205 Å². The Morgan fingerprint density at radius 2 is 1.38 bits per heavy atom. The SMILES string of the molecule is CCCC1CCC(C)c2ccc(-c3cc(N(c4ccccc4)c4ccccc4)ccc3C)cc21. The predicted molar refractivity (Wildman–Crippen MR) is 147 cm³/mol. The summed E-state index contributed by atoms with van der Waals surface area (Å²) in [6.07, 6.45) is 5.17. The normalized spacial score (nSPS) is 17.3. The second-order valence-electron chi connectivity index (χ2n) is 9.81. The summed E-state index contributed by atoms with van der Waals surface area (Å²) in [6, 6.07) is 35.5. The molecular formula is C33H35N. The Bertz CT molecular complexity index is 1200. The van der Waals surface area contributed by atoms with E-state index in [9.17, 15) is 0 Å². The van der Waals surface area contributed by atoms with Crippen LogP contribution in [0.1, 0.15) is 68.1 Å². The molecular weight excluding hydrogens is 410 g/mol. The highest BCUT2D eigenvalue weighted by molar-refractivity contribution is 5.81. The van der Waals surface area contributed by atoms with Gasteiger partial charge >= 0.3 is 0 Å². The smallest absolute Gasteiger partial charge is 0.0467 e. The molecule has 0 heterocycles. The summed E-state index contributed by atoms with van der Waals surface area (Å²) in [5.41, 5.74) is 10.7. The van der Waals surface area contributed by atoms with Crippen molar-refractivity contribution in [3.05, 3.63) is 114 Å². The Hall–Kier alpha value is -3.32. The monoisotopic (exact) mass is 445 g/mol. The van der Waals surface area contributed by atoms with Crippen molar-refractivity contribution in [2.45, 2.75) is 58.3 Å². The van der Waals surface area contributed by atoms with E-state index in [2.05, 4.69) is 123 Å². The molecule has 0 fully saturated rings. The molecule has 1 heteroatoms. The van der Waals surface area contributed by atoms with E-state index in [-0.39, 0.29) is 0 Å². The molecule has 4 aromatic rings. The summed E-state index contributed by atoms with van der Waals surface area (Å²) in [6.45, 7) is 6.95. The van der Waals surface area contributed by atoms with Crippen LogP contribution >= 0.6 is 0 Å². The van der Waals surface area contributed by atoms with E-state index < -0.39 is 0 Å². The van der Waals surface area contributed by atoms with E-state index in [0.29, 0.717) is 11.8 Å². The number of anilines is 3. The van der Waals surface area contributed by atoms with E-state index in [1.807, 2.05) is 0 Å². The lowest BCUT2D eigenvalue weighted by molar-refractivity contribution is 0.476. The molecule has 0 amide bonds. The van der Waals surface area contributed by atoms with Crippen molar-refractivity contribution in [3.63, 3.8) is 0 Å². The zero-order valence-corrected chi connectivity index (χ0v) is 20.7. The van der Waals surface area contributed by atoms with Crippen molar-refractivity contribution in [3.8, 4) is 11.1 Å². The third-order valence-corrected chi connectivity index (χ3v) is 7.46. The van der Waals surface area contributed by atoms with Crippen LogP contribution in [0.4, 0.5) is 17.1 Å². The van der Waals surface area contributed by atoms with Crippen molar-refractivity contribution in [2.75, 3.05) is 4.90 Å². The summed E-state index contributed by atoms with van der Waals surface area (Å²) in [5.74, 6) is 1.36. The molecule has 4 aromatic carbocycles. The molecule has 2 unspecified atom stereocenters. The quantitative estimate of drug-likeness (QED) is 0.285. The highest BCUT2D eigenvalue weighted by atomic mass is 15.1. The van der Waals surface area contributed by atoms with Gasteiger partial charge < -0.3 is 4.90 Å². The van der Waals surface area contributed by atoms with Crippen LogP contribution in [-0.2, 0) is 0 Å². The number of para-hydroxylation sites is 2. The number of hydrogen-bond donors (Lipinski definition) is 0. The van der Waals surface area contributed by atoms with Crippen LogP contribution in [-0.4, -0.2) is 0 Å². The first-order chi connectivity index (χ1) is 16.7. The molecule has 172 valence electrons. The molecule has 0 aromatic heterocycles. The molecule has 1 aliphatic carbocycles. The minimum atomic E-state index is 0.663. The standard InChI is InChI=1S/C33H35N/c1-4-11-26-18-16-24(2)31-21-19-27(22-33(26)31)32-23-30(20-17-25(32)3)34(28-12-7-5-8-13-28)29-14-9-6-10-15-29/h5-10,12-15,17,19-24,26H,4,11,16,18H2,1-3H3. The molecule has 0 saturated heterocycles. The third kappa shape index (κ3) is 4.40. The van der Waals surface area contributed by atoms with Gasteiger partial charge in [0.15, 0.2) is 0 Å². The highest BCUT2D eigenvalue weighted by Gasteiger charge is 2.25. The van der Waals surface area contributed by atoms with Gasteiger partial charge in [0.25, 0.3) is 0 Å². The average Bonchev–Trinajstić information content (AvgIpc) is 2.88. The van der Waals surface area contributed by atoms with Crippen LogP contribution in [0.2, 0.25) is 0 Å². The van der Waals surface area contributed by atoms with Crippen molar-refractivity contribution in [2.24, 2.45) is 0 Å². The second kappa shape index (κ2) is 9.89. The number of benzene rings is 4. The predicted octanol–water partition coefficient (Wildman–Crippen LogP) is 9.91. The first-order valence-corrected chi connectivity index (χ1v) is 12.8. The number of hydrogen-bond acceptors (Lipinski definition) is 1. The summed E-state index contributed by atoms with van der Waals surface area (Å²) in [5, 5.41) is 0. The Morgan fingerprint density at radius 3 is 2.03 bits per heavy atom. The first-order valence-electron chi connectivity index (χ1n) is 12.8. The third-order valence-electron chi connectivity index (χ3n) is 7.46. The Balaban J connectivity index is 1.61. The maximum atomic E-state index is 2.51. The second-order valence-corrected chi connectivity index (χ2v) is 9.81. The minimum absolute atomic E-state index is 0.663. The van der Waals surface area contributed by atoms with Crippen LogP contribution in [0, 0.1) is 6.92 Å². The average molecular weight is 446 g/mol. The largest absolute Gasteiger partial charge is 0.310 e. The van der Waals surface area contributed by atoms with E-state index in [0.717, 1.165) is 0 Å². The van der Waals surface area contributed by atoms with Gasteiger partial charge in [0.2, 0.25) is 0 Å². The fourth-order valence-corrected chi connectivity index (χ4v) is 5.62. The summed E-state index contributed by atoms with van der Waals surface area (Å²) in [7, 11) is 0. The fraction of sp³-hybridized carbons (Fsp3) is 0.273. The van der Waals surface area contributed by atoms with Gasteiger partial charge in [0, 0.05) is 17.1 Å². The fourth-order valence-electron chi connectivity index (χ4n) is 5.62. The van der Waals surface area contributed by atoms with Crippen LogP contribution < -0.4 is 4.90 Å². The lowest BCUT2D eigenvalue weighted by atomic mass is 9.75. The summed E-state index contributed by atoms with van der Waals surface area (Å²) < 4.78 is 0. The van der Waals surface area contributed by atoms with Crippen LogP contribution in [0.3, 0.4) is 0 Å². The highest BCUT2D eigenvalue weighted by Crippen LogP contribution is 2.43. The van der Waals surface area contributed by atoms with Gasteiger partial charge in [-0.1, -0.05) is 80.9 Å². The zero-order chi connectivity index (χ0) is 23.5. The number of aryl methyl sites for hydroxylation is 1. The molecule has 0 spiro atoms. The molecule has 1 aliphatic rings. The zero-order valence-electron chi connectivity index (χ0n) is 20.7. The maximum Gasteiger partial charge on any atom is 0.0467 e. The van der Waals surface area contributed by atoms with E-state index in [1.165, 1.54) is 59.4 Å². The molecule has 2 atom stereocenters. The van der Waals surface area contributed by atoms with Crippen molar-refractivity contribution < 1.29 is 0 Å². The number of fused-ring (bicyclic) bond motifs is 1. The van der Waals surface area contributed by atoms with E-state index in [1.54, 1.807) is 11.1 Å². The lowest BCUT2D eigenvalue weighted by Crippen LogP contribution is -2.13. The molecule has 0 N–H and O–H groups in total. The Morgan fingerprint density at radius 1 is 0.706 bits per heavy atom. The van der Waals surface area contributed by atoms with Crippen molar-refractivity contribution in [1.82, 2.24) is 0 Å². The van der Waals surface area contributed by atoms with E-state index in [4.69, 9.17) is 0 Å². The number of nitrogens with zero attached hydrogens (tertiary/aromatic N) is 1. The van der Waals surface area contributed by atoms with Gasteiger partial charge in [-0.3, -0.25) is 0 Å². The number of rotatable bonds is 6. The molecule has 0 radical (unpaired) electrons. The lowest BCUT2D eigenvalue weighted by Gasteiger charge is -2.30. The van der Waals surface area contributed by atoms with Crippen LogP contribution in [0.25, 0.3) is 11.1 Å². The molecule has 1 nitrogen and oxygen atoms in total. The minimum Gasteiger partial charge on any atom is -0.310 e.